The van der Waals surface area contributed by atoms with E-state index in [-0.39, 0.29) is 23.1 Å². The van der Waals surface area contributed by atoms with Gasteiger partial charge in [0.2, 0.25) is 0 Å². The fourth-order valence-corrected chi connectivity index (χ4v) is 4.97. The number of hydrogen-bond acceptors (Lipinski definition) is 5. The lowest BCUT2D eigenvalue weighted by Crippen LogP contribution is -2.60. The predicted octanol–water partition coefficient (Wildman–Crippen LogP) is 0.587. The molecule has 0 aromatic rings. The normalized spacial score (nSPS) is 23.3. The van der Waals surface area contributed by atoms with Crippen molar-refractivity contribution in [3.8, 4) is 0 Å². The summed E-state index contributed by atoms with van der Waals surface area (Å²) < 4.78 is 24.8. The molecule has 0 radical (unpaired) electrons. The molecule has 0 aliphatic carbocycles. The van der Waals surface area contributed by atoms with E-state index in [1.54, 1.807) is 0 Å². The van der Waals surface area contributed by atoms with Crippen molar-refractivity contribution in [3.63, 3.8) is 0 Å². The third kappa shape index (κ3) is 3.78. The monoisotopic (exact) mass is 318 g/mol. The standard InChI is InChI=1S/C15H30N2O3S/c1-12(2)16-9-14(10-16)21(19,20)6-5-15(3,4)17-7-13(8-17)11-18/h12-14,18H,5-11H2,1-4H3. The summed E-state index contributed by atoms with van der Waals surface area (Å²) >= 11 is 0. The molecule has 0 aromatic carbocycles. The maximum absolute atomic E-state index is 12.4. The minimum atomic E-state index is -2.98. The molecule has 2 saturated heterocycles. The van der Waals surface area contributed by atoms with Gasteiger partial charge in [0.1, 0.15) is 0 Å². The van der Waals surface area contributed by atoms with Crippen LogP contribution in [0.1, 0.15) is 34.1 Å². The summed E-state index contributed by atoms with van der Waals surface area (Å²) in [5.74, 6) is 0.642. The Labute approximate surface area is 129 Å². The Kier molecular flexibility index (Phi) is 5.03. The van der Waals surface area contributed by atoms with E-state index in [0.717, 1.165) is 13.1 Å². The molecule has 0 atom stereocenters. The maximum Gasteiger partial charge on any atom is 0.155 e. The molecule has 0 amide bonds. The van der Waals surface area contributed by atoms with Gasteiger partial charge in [-0.2, -0.15) is 0 Å². The summed E-state index contributed by atoms with van der Waals surface area (Å²) in [5, 5.41) is 8.91. The first kappa shape index (κ1) is 17.2. The number of likely N-dealkylation sites (tertiary alicyclic amines) is 2. The summed E-state index contributed by atoms with van der Waals surface area (Å²) in [4.78, 5) is 4.49. The highest BCUT2D eigenvalue weighted by atomic mass is 32.2. The molecular weight excluding hydrogens is 288 g/mol. The topological polar surface area (TPSA) is 60.9 Å². The van der Waals surface area contributed by atoms with Crippen LogP contribution in [-0.2, 0) is 9.84 Å². The molecule has 2 rings (SSSR count). The summed E-state index contributed by atoms with van der Waals surface area (Å²) in [6, 6.07) is 0.435. The van der Waals surface area contributed by atoms with E-state index >= 15 is 0 Å². The van der Waals surface area contributed by atoms with Gasteiger partial charge >= 0.3 is 0 Å². The van der Waals surface area contributed by atoms with E-state index in [1.807, 2.05) is 0 Å². The Morgan fingerprint density at radius 3 is 2.24 bits per heavy atom. The zero-order valence-electron chi connectivity index (χ0n) is 13.7. The van der Waals surface area contributed by atoms with Crippen LogP contribution in [0.2, 0.25) is 0 Å². The molecule has 0 bridgehead atoms. The molecule has 0 spiro atoms. The first-order valence-electron chi connectivity index (χ1n) is 7.97. The van der Waals surface area contributed by atoms with Crippen molar-refractivity contribution in [1.29, 1.82) is 0 Å². The molecule has 5 nitrogen and oxygen atoms in total. The van der Waals surface area contributed by atoms with E-state index in [9.17, 15) is 8.42 Å². The van der Waals surface area contributed by atoms with Crippen molar-refractivity contribution in [2.75, 3.05) is 38.5 Å². The van der Waals surface area contributed by atoms with E-state index in [0.29, 0.717) is 31.5 Å². The minimum absolute atomic E-state index is 0.0970. The van der Waals surface area contributed by atoms with Gasteiger partial charge in [0.25, 0.3) is 0 Å². The minimum Gasteiger partial charge on any atom is -0.396 e. The van der Waals surface area contributed by atoms with Gasteiger partial charge in [-0.25, -0.2) is 8.42 Å². The molecule has 21 heavy (non-hydrogen) atoms. The van der Waals surface area contributed by atoms with E-state index in [4.69, 9.17) is 5.11 Å². The molecule has 0 aromatic heterocycles. The maximum atomic E-state index is 12.4. The van der Waals surface area contributed by atoms with Gasteiger partial charge in [0, 0.05) is 50.3 Å². The fourth-order valence-electron chi connectivity index (χ4n) is 3.01. The van der Waals surface area contributed by atoms with Gasteiger partial charge in [-0.15, -0.1) is 0 Å². The van der Waals surface area contributed by atoms with E-state index in [2.05, 4.69) is 37.5 Å². The lowest BCUT2D eigenvalue weighted by Gasteiger charge is -2.49. The number of nitrogens with zero attached hydrogens (tertiary/aromatic N) is 2. The highest BCUT2D eigenvalue weighted by Gasteiger charge is 2.41. The lowest BCUT2D eigenvalue weighted by atomic mass is 9.90. The highest BCUT2D eigenvalue weighted by Crippen LogP contribution is 2.29. The number of hydrogen-bond donors (Lipinski definition) is 1. The van der Waals surface area contributed by atoms with Crippen molar-refractivity contribution in [3.05, 3.63) is 0 Å². The van der Waals surface area contributed by atoms with Gasteiger partial charge in [-0.1, -0.05) is 0 Å². The molecular formula is C15H30N2O3S. The first-order valence-corrected chi connectivity index (χ1v) is 9.69. The third-order valence-corrected chi connectivity index (χ3v) is 7.27. The summed E-state index contributed by atoms with van der Waals surface area (Å²) in [5.41, 5.74) is -0.0970. The van der Waals surface area contributed by atoms with Crippen LogP contribution in [0, 0.1) is 5.92 Å². The van der Waals surface area contributed by atoms with Crippen LogP contribution in [0.15, 0.2) is 0 Å². The van der Waals surface area contributed by atoms with Crippen molar-refractivity contribution < 1.29 is 13.5 Å². The molecule has 0 unspecified atom stereocenters. The second kappa shape index (κ2) is 6.14. The van der Waals surface area contributed by atoms with Crippen LogP contribution >= 0.6 is 0 Å². The molecule has 0 saturated carbocycles. The van der Waals surface area contributed by atoms with E-state index in [1.165, 1.54) is 0 Å². The molecule has 6 heteroatoms. The van der Waals surface area contributed by atoms with Crippen molar-refractivity contribution in [2.24, 2.45) is 5.92 Å². The van der Waals surface area contributed by atoms with Gasteiger partial charge in [-0.3, -0.25) is 9.80 Å². The van der Waals surface area contributed by atoms with Crippen LogP contribution in [0.5, 0.6) is 0 Å². The molecule has 2 aliphatic rings. The van der Waals surface area contributed by atoms with Gasteiger partial charge in [-0.05, 0) is 34.1 Å². The second-order valence-corrected chi connectivity index (χ2v) is 9.95. The lowest BCUT2D eigenvalue weighted by molar-refractivity contribution is -0.0203. The van der Waals surface area contributed by atoms with Crippen LogP contribution in [0.25, 0.3) is 0 Å². The van der Waals surface area contributed by atoms with Crippen LogP contribution < -0.4 is 0 Å². The largest absolute Gasteiger partial charge is 0.396 e. The van der Waals surface area contributed by atoms with Gasteiger partial charge in [0.15, 0.2) is 9.84 Å². The fraction of sp³-hybridized carbons (Fsp3) is 1.00. The Morgan fingerprint density at radius 2 is 1.76 bits per heavy atom. The zero-order chi connectivity index (χ0) is 15.8. The molecule has 2 aliphatic heterocycles. The molecule has 2 heterocycles. The average Bonchev–Trinajstić information content (AvgIpc) is 2.21. The third-order valence-electron chi connectivity index (χ3n) is 5.18. The Balaban J connectivity index is 1.79. The number of aliphatic hydroxyl groups excluding tert-OH is 1. The summed E-state index contributed by atoms with van der Waals surface area (Å²) in [7, 11) is -2.98. The first-order chi connectivity index (χ1) is 9.65. The van der Waals surface area contributed by atoms with E-state index < -0.39 is 9.84 Å². The molecule has 124 valence electrons. The van der Waals surface area contributed by atoms with Gasteiger partial charge < -0.3 is 5.11 Å². The SMILES string of the molecule is CC(C)N1CC(S(=O)(=O)CCC(C)(C)N2CC(CO)C2)C1. The van der Waals surface area contributed by atoms with Crippen molar-refractivity contribution in [1.82, 2.24) is 9.80 Å². The number of aliphatic hydroxyl groups is 1. The Bertz CT molecular complexity index is 450. The van der Waals surface area contributed by atoms with Crippen molar-refractivity contribution >= 4 is 9.84 Å². The second-order valence-electron chi connectivity index (χ2n) is 7.55. The smallest absolute Gasteiger partial charge is 0.155 e. The Hall–Kier alpha value is -0.170. The average molecular weight is 318 g/mol. The quantitative estimate of drug-likeness (QED) is 0.744. The van der Waals surface area contributed by atoms with Crippen LogP contribution in [0.4, 0.5) is 0 Å². The molecule has 2 fully saturated rings. The van der Waals surface area contributed by atoms with Crippen LogP contribution in [0.3, 0.4) is 0 Å². The summed E-state index contributed by atoms with van der Waals surface area (Å²) in [6.07, 6.45) is 0.672. The van der Waals surface area contributed by atoms with Crippen molar-refractivity contribution in [2.45, 2.75) is 50.9 Å². The van der Waals surface area contributed by atoms with Gasteiger partial charge in [0.05, 0.1) is 11.0 Å². The number of sulfone groups is 1. The highest BCUT2D eigenvalue weighted by molar-refractivity contribution is 7.92. The molecule has 1 N–H and O–H groups in total. The zero-order valence-corrected chi connectivity index (χ0v) is 14.6. The summed E-state index contributed by atoms with van der Waals surface area (Å²) in [6.45, 7) is 11.8. The Morgan fingerprint density at radius 1 is 1.19 bits per heavy atom. The predicted molar refractivity (Wildman–Crippen MR) is 85.1 cm³/mol. The van der Waals surface area contributed by atoms with Crippen LogP contribution in [-0.4, -0.2) is 78.7 Å². The number of rotatable bonds is 7.